The van der Waals surface area contributed by atoms with Crippen LogP contribution in [0.25, 0.3) is 10.9 Å². The fraction of sp³-hybridized carbons (Fsp3) is 0.160. The average Bonchev–Trinajstić information content (AvgIpc) is 3.19. The van der Waals surface area contributed by atoms with Gasteiger partial charge in [-0.2, -0.15) is 0 Å². The van der Waals surface area contributed by atoms with Gasteiger partial charge in [-0.1, -0.05) is 54.1 Å². The molecule has 1 aromatic heterocycles. The lowest BCUT2D eigenvalue weighted by atomic mass is 9.92. The summed E-state index contributed by atoms with van der Waals surface area (Å²) in [7, 11) is 1.65. The van der Waals surface area contributed by atoms with Crippen LogP contribution in [0.3, 0.4) is 0 Å². The number of carbonyl (C=O) groups is 1. The van der Waals surface area contributed by atoms with Gasteiger partial charge in [0.1, 0.15) is 5.75 Å². The monoisotopic (exact) mass is 431 g/mol. The van der Waals surface area contributed by atoms with Gasteiger partial charge < -0.3 is 19.9 Å². The van der Waals surface area contributed by atoms with E-state index in [1.54, 1.807) is 19.2 Å². The van der Waals surface area contributed by atoms with E-state index < -0.39 is 0 Å². The van der Waals surface area contributed by atoms with Gasteiger partial charge in [-0.25, -0.2) is 4.79 Å². The maximum atomic E-state index is 13.4. The number of para-hydroxylation sites is 2. The van der Waals surface area contributed by atoms with Crippen molar-refractivity contribution >= 4 is 34.2 Å². The molecular weight excluding hydrogens is 410 g/mol. The summed E-state index contributed by atoms with van der Waals surface area (Å²) in [5.74, 6) is 0.781. The summed E-state index contributed by atoms with van der Waals surface area (Å²) in [6.07, 6.45) is 0.780. The topological polar surface area (TPSA) is 57.4 Å². The number of urea groups is 1. The van der Waals surface area contributed by atoms with Gasteiger partial charge in [-0.3, -0.25) is 0 Å². The zero-order valence-corrected chi connectivity index (χ0v) is 17.8. The van der Waals surface area contributed by atoms with E-state index in [2.05, 4.69) is 28.5 Å². The number of hydrogen-bond acceptors (Lipinski definition) is 2. The first-order chi connectivity index (χ1) is 15.2. The predicted octanol–water partition coefficient (Wildman–Crippen LogP) is 6.01. The molecule has 3 aromatic carbocycles. The van der Waals surface area contributed by atoms with Crippen molar-refractivity contribution in [3.05, 3.63) is 94.6 Å². The van der Waals surface area contributed by atoms with Crippen LogP contribution in [0.1, 0.15) is 22.9 Å². The number of ether oxygens (including phenoxy) is 1. The Labute approximate surface area is 185 Å². The molecule has 31 heavy (non-hydrogen) atoms. The lowest BCUT2D eigenvalue weighted by molar-refractivity contribution is 0.193. The predicted molar refractivity (Wildman–Crippen MR) is 124 cm³/mol. The van der Waals surface area contributed by atoms with Crippen LogP contribution in [0.15, 0.2) is 72.8 Å². The number of aromatic nitrogens is 1. The summed E-state index contributed by atoms with van der Waals surface area (Å²) in [4.78, 5) is 18.8. The largest absolute Gasteiger partial charge is 0.497 e. The summed E-state index contributed by atoms with van der Waals surface area (Å²) < 4.78 is 5.33. The van der Waals surface area contributed by atoms with Crippen LogP contribution in [0.5, 0.6) is 5.75 Å². The number of amides is 2. The van der Waals surface area contributed by atoms with E-state index >= 15 is 0 Å². The Morgan fingerprint density at radius 1 is 1.06 bits per heavy atom. The van der Waals surface area contributed by atoms with Gasteiger partial charge in [0.05, 0.1) is 23.9 Å². The number of halogens is 1. The Kier molecular flexibility index (Phi) is 5.04. The second-order valence-corrected chi connectivity index (χ2v) is 8.00. The minimum atomic E-state index is -0.246. The van der Waals surface area contributed by atoms with Crippen LogP contribution >= 0.6 is 11.6 Å². The SMILES string of the molecule is COc1ccc([C@H]2c3[nH]c4ccccc4c3CCN2C(=O)Nc2ccccc2Cl)cc1. The van der Waals surface area contributed by atoms with Crippen LogP contribution in [-0.2, 0) is 6.42 Å². The number of nitrogens with one attached hydrogen (secondary N) is 2. The highest BCUT2D eigenvalue weighted by Gasteiger charge is 2.34. The van der Waals surface area contributed by atoms with Gasteiger partial charge in [0, 0.05) is 23.1 Å². The molecule has 2 heterocycles. The third kappa shape index (κ3) is 3.51. The van der Waals surface area contributed by atoms with E-state index in [4.69, 9.17) is 16.3 Å². The van der Waals surface area contributed by atoms with Crippen LogP contribution in [0.2, 0.25) is 5.02 Å². The van der Waals surface area contributed by atoms with Gasteiger partial charge >= 0.3 is 6.03 Å². The number of benzene rings is 3. The minimum absolute atomic E-state index is 0.182. The summed E-state index contributed by atoms with van der Waals surface area (Å²) in [6.45, 7) is 0.599. The Hall–Kier alpha value is -3.44. The zero-order valence-electron chi connectivity index (χ0n) is 17.1. The van der Waals surface area contributed by atoms with Gasteiger partial charge in [-0.15, -0.1) is 0 Å². The highest BCUT2D eigenvalue weighted by Crippen LogP contribution is 2.39. The molecular formula is C25H22ClN3O2. The summed E-state index contributed by atoms with van der Waals surface area (Å²) in [5.41, 5.74) is 5.01. The van der Waals surface area contributed by atoms with E-state index in [-0.39, 0.29) is 12.1 Å². The number of H-pyrrole nitrogens is 1. The third-order valence-corrected chi connectivity index (χ3v) is 6.17. The Bertz CT molecular complexity index is 1250. The standard InChI is InChI=1S/C25H22ClN3O2/c1-31-17-12-10-16(11-13-17)24-23-19(18-6-2-4-8-21(18)27-23)14-15-29(24)25(30)28-22-9-5-3-7-20(22)26/h2-13,24,27H,14-15H2,1H3,(H,28,30)/t24-/m0/s1. The number of rotatable bonds is 3. The molecule has 5 rings (SSSR count). The van der Waals surface area contributed by atoms with Crippen molar-refractivity contribution in [3.63, 3.8) is 0 Å². The second-order valence-electron chi connectivity index (χ2n) is 7.59. The van der Waals surface area contributed by atoms with Gasteiger partial charge in [0.15, 0.2) is 0 Å². The molecule has 4 aromatic rings. The summed E-state index contributed by atoms with van der Waals surface area (Å²) >= 11 is 6.28. The maximum absolute atomic E-state index is 13.4. The zero-order chi connectivity index (χ0) is 21.4. The number of anilines is 1. The van der Waals surface area contributed by atoms with Crippen molar-refractivity contribution in [1.82, 2.24) is 9.88 Å². The van der Waals surface area contributed by atoms with Crippen molar-refractivity contribution in [3.8, 4) is 5.75 Å². The summed E-state index contributed by atoms with van der Waals surface area (Å²) in [6, 6.07) is 23.0. The second kappa shape index (κ2) is 8.00. The quantitative estimate of drug-likeness (QED) is 0.417. The van der Waals surface area contributed by atoms with Crippen LogP contribution in [-0.4, -0.2) is 29.6 Å². The Morgan fingerprint density at radius 2 is 1.81 bits per heavy atom. The molecule has 156 valence electrons. The Balaban J connectivity index is 1.58. The average molecular weight is 432 g/mol. The number of methoxy groups -OCH3 is 1. The lowest BCUT2D eigenvalue weighted by Gasteiger charge is -2.36. The van der Waals surface area contributed by atoms with E-state index in [0.29, 0.717) is 17.3 Å². The van der Waals surface area contributed by atoms with Gasteiger partial charge in [0.25, 0.3) is 0 Å². The van der Waals surface area contributed by atoms with Crippen molar-refractivity contribution in [1.29, 1.82) is 0 Å². The molecule has 2 N–H and O–H groups in total. The van der Waals surface area contributed by atoms with Crippen LogP contribution in [0, 0.1) is 0 Å². The molecule has 1 aliphatic rings. The maximum Gasteiger partial charge on any atom is 0.322 e. The number of carbonyl (C=O) groups excluding carboxylic acids is 1. The van der Waals surface area contributed by atoms with Crippen molar-refractivity contribution in [2.75, 3.05) is 19.0 Å². The van der Waals surface area contributed by atoms with E-state index in [1.165, 1.54) is 10.9 Å². The Morgan fingerprint density at radius 3 is 2.58 bits per heavy atom. The third-order valence-electron chi connectivity index (χ3n) is 5.84. The van der Waals surface area contributed by atoms with E-state index in [9.17, 15) is 4.79 Å². The molecule has 1 atom stereocenters. The first kappa shape index (κ1) is 19.5. The molecule has 0 fully saturated rings. The number of nitrogens with zero attached hydrogens (tertiary/aromatic N) is 1. The lowest BCUT2D eigenvalue weighted by Crippen LogP contribution is -2.43. The van der Waals surface area contributed by atoms with E-state index in [1.807, 2.05) is 47.4 Å². The van der Waals surface area contributed by atoms with Crippen molar-refractivity contribution in [2.24, 2.45) is 0 Å². The number of hydrogen-bond donors (Lipinski definition) is 2. The smallest absolute Gasteiger partial charge is 0.322 e. The van der Waals surface area contributed by atoms with Crippen molar-refractivity contribution < 1.29 is 9.53 Å². The molecule has 2 amide bonds. The fourth-order valence-electron chi connectivity index (χ4n) is 4.34. The minimum Gasteiger partial charge on any atom is -0.497 e. The van der Waals surface area contributed by atoms with E-state index in [0.717, 1.165) is 28.9 Å². The van der Waals surface area contributed by atoms with Crippen LogP contribution < -0.4 is 10.1 Å². The van der Waals surface area contributed by atoms with Crippen molar-refractivity contribution in [2.45, 2.75) is 12.5 Å². The first-order valence-corrected chi connectivity index (χ1v) is 10.6. The molecule has 0 saturated heterocycles. The normalized spacial score (nSPS) is 15.5. The molecule has 0 bridgehead atoms. The van der Waals surface area contributed by atoms with Gasteiger partial charge in [0.2, 0.25) is 0 Å². The molecule has 0 aliphatic carbocycles. The first-order valence-electron chi connectivity index (χ1n) is 10.2. The molecule has 0 spiro atoms. The molecule has 6 heteroatoms. The molecule has 0 saturated carbocycles. The van der Waals surface area contributed by atoms with Crippen LogP contribution in [0.4, 0.5) is 10.5 Å². The summed E-state index contributed by atoms with van der Waals surface area (Å²) in [5, 5.41) is 4.71. The fourth-order valence-corrected chi connectivity index (χ4v) is 4.52. The molecule has 5 nitrogen and oxygen atoms in total. The van der Waals surface area contributed by atoms with Gasteiger partial charge in [-0.05, 0) is 47.9 Å². The molecule has 0 radical (unpaired) electrons. The highest BCUT2D eigenvalue weighted by atomic mass is 35.5. The number of aromatic amines is 1. The number of fused-ring (bicyclic) bond motifs is 3. The highest BCUT2D eigenvalue weighted by molar-refractivity contribution is 6.33. The molecule has 0 unspecified atom stereocenters. The molecule has 1 aliphatic heterocycles.